The van der Waals surface area contributed by atoms with E-state index in [1.165, 1.54) is 30.4 Å². The summed E-state index contributed by atoms with van der Waals surface area (Å²) in [6.07, 6.45) is 1.80. The highest BCUT2D eigenvalue weighted by molar-refractivity contribution is 5.89. The molecule has 2 amide bonds. The molecule has 0 bridgehead atoms. The summed E-state index contributed by atoms with van der Waals surface area (Å²) in [4.78, 5) is 38.2. The predicted molar refractivity (Wildman–Crippen MR) is 174 cm³/mol. The second-order valence-corrected chi connectivity index (χ2v) is 11.5. The van der Waals surface area contributed by atoms with Crippen LogP contribution in [-0.2, 0) is 38.1 Å². The molecule has 1 aliphatic carbocycles. The van der Waals surface area contributed by atoms with Crippen LogP contribution in [-0.4, -0.2) is 113 Å². The first-order chi connectivity index (χ1) is 23.8. The molecule has 0 spiro atoms. The maximum atomic E-state index is 12.4. The first-order valence-electron chi connectivity index (χ1n) is 16.0. The summed E-state index contributed by atoms with van der Waals surface area (Å²) in [6, 6.07) is 13.5. The van der Waals surface area contributed by atoms with E-state index in [0.29, 0.717) is 36.7 Å². The van der Waals surface area contributed by atoms with E-state index in [1.807, 2.05) is 18.2 Å². The number of hydrogen-bond donors (Lipinski definition) is 3. The van der Waals surface area contributed by atoms with E-state index in [4.69, 9.17) is 28.4 Å². The van der Waals surface area contributed by atoms with Crippen molar-refractivity contribution in [2.45, 2.75) is 19.1 Å². The number of rotatable bonds is 19. The fourth-order valence-electron chi connectivity index (χ4n) is 5.55. The van der Waals surface area contributed by atoms with E-state index in [1.54, 1.807) is 25.2 Å². The number of hydrogen-bond acceptors (Lipinski definition) is 13. The van der Waals surface area contributed by atoms with Crippen LogP contribution in [0.2, 0.25) is 0 Å². The van der Waals surface area contributed by atoms with Gasteiger partial charge in [-0.15, -0.1) is 5.11 Å². The number of phenolic OH excluding ortho intramolecular Hbond substituents is 1. The Balaban J connectivity index is 1.02. The standard InChI is InChI=1S/C34H44N4O11/c1-38(13-15-46-19-23-8-10-26-27(33(42)44-2)20-49-34(43)32(23)26)31(41)22-47-17-16-45-14-12-35-30(40)21-48-29-18-25(39)9-11-28(29)37-36-24-6-4-3-5-7-24/h3-7,9,11,18,20,23,26,32,34,39,43H,8,10,12-17,19,21-22H2,1-2H3,(H,35,40)/b37-36+. The molecule has 2 aliphatic rings. The van der Waals surface area contributed by atoms with Gasteiger partial charge in [0.05, 0.1) is 51.1 Å². The Morgan fingerprint density at radius 3 is 2.57 bits per heavy atom. The van der Waals surface area contributed by atoms with Gasteiger partial charge in [0.1, 0.15) is 18.0 Å². The molecule has 49 heavy (non-hydrogen) atoms. The Morgan fingerprint density at radius 2 is 1.78 bits per heavy atom. The molecule has 1 aliphatic heterocycles. The number of carbonyl (C=O) groups excluding carboxylic acids is 3. The summed E-state index contributed by atoms with van der Waals surface area (Å²) >= 11 is 0. The number of benzene rings is 2. The van der Waals surface area contributed by atoms with Crippen molar-refractivity contribution in [3.05, 3.63) is 60.4 Å². The minimum Gasteiger partial charge on any atom is -0.508 e. The largest absolute Gasteiger partial charge is 0.508 e. The number of aliphatic hydroxyl groups is 1. The maximum absolute atomic E-state index is 12.4. The van der Waals surface area contributed by atoms with Crippen molar-refractivity contribution in [3.63, 3.8) is 0 Å². The average molecular weight is 685 g/mol. The molecule has 0 saturated heterocycles. The molecular formula is C34H44N4O11. The monoisotopic (exact) mass is 684 g/mol. The third kappa shape index (κ3) is 11.5. The number of ether oxygens (including phenoxy) is 6. The highest BCUT2D eigenvalue weighted by Crippen LogP contribution is 2.46. The lowest BCUT2D eigenvalue weighted by Gasteiger charge is -2.33. The summed E-state index contributed by atoms with van der Waals surface area (Å²) in [6.45, 7) is 1.53. The van der Waals surface area contributed by atoms with Crippen LogP contribution < -0.4 is 10.1 Å². The Kier molecular flexibility index (Phi) is 14.8. The van der Waals surface area contributed by atoms with Gasteiger partial charge in [-0.25, -0.2) is 4.79 Å². The number of methoxy groups -OCH3 is 1. The number of phenols is 1. The fourth-order valence-corrected chi connectivity index (χ4v) is 5.55. The molecule has 15 heteroatoms. The number of nitrogens with one attached hydrogen (secondary N) is 1. The number of likely N-dealkylation sites (N-methyl/N-ethyl adjacent to an activating group) is 1. The van der Waals surface area contributed by atoms with Crippen LogP contribution in [0.25, 0.3) is 0 Å². The Hall–Kier alpha value is -4.57. The number of nitrogens with zero attached hydrogens (tertiary/aromatic N) is 3. The van der Waals surface area contributed by atoms with E-state index < -0.39 is 12.3 Å². The molecule has 4 unspecified atom stereocenters. The summed E-state index contributed by atoms with van der Waals surface area (Å²) in [5.41, 5.74) is 1.45. The van der Waals surface area contributed by atoms with E-state index >= 15 is 0 Å². The quantitative estimate of drug-likeness (QED) is 0.112. The Morgan fingerprint density at radius 1 is 0.980 bits per heavy atom. The van der Waals surface area contributed by atoms with Gasteiger partial charge in [0.25, 0.3) is 5.91 Å². The van der Waals surface area contributed by atoms with Crippen molar-refractivity contribution >= 4 is 29.2 Å². The molecule has 0 radical (unpaired) electrons. The molecule has 2 aromatic rings. The lowest BCUT2D eigenvalue weighted by Crippen LogP contribution is -2.38. The van der Waals surface area contributed by atoms with Gasteiger partial charge in [-0.2, -0.15) is 5.11 Å². The van der Waals surface area contributed by atoms with Crippen LogP contribution in [0.5, 0.6) is 11.5 Å². The molecule has 3 N–H and O–H groups in total. The zero-order chi connectivity index (χ0) is 35.0. The Bertz CT molecular complexity index is 1440. The van der Waals surface area contributed by atoms with E-state index in [2.05, 4.69) is 15.5 Å². The number of amides is 2. The zero-order valence-electron chi connectivity index (χ0n) is 27.7. The summed E-state index contributed by atoms with van der Waals surface area (Å²) in [5, 5.41) is 31.1. The van der Waals surface area contributed by atoms with Crippen LogP contribution >= 0.6 is 0 Å². The molecule has 4 rings (SSSR count). The van der Waals surface area contributed by atoms with Gasteiger partial charge in [-0.05, 0) is 43.0 Å². The van der Waals surface area contributed by atoms with Gasteiger partial charge in [-0.3, -0.25) is 9.59 Å². The Labute approximate surface area is 284 Å². The molecule has 1 heterocycles. The maximum Gasteiger partial charge on any atom is 0.337 e. The molecule has 1 fully saturated rings. The number of aliphatic hydroxyl groups excluding tert-OH is 1. The first kappa shape index (κ1) is 37.3. The van der Waals surface area contributed by atoms with Crippen molar-refractivity contribution in [1.29, 1.82) is 0 Å². The van der Waals surface area contributed by atoms with Crippen molar-refractivity contribution in [1.82, 2.24) is 10.2 Å². The van der Waals surface area contributed by atoms with Gasteiger partial charge in [0.15, 0.2) is 18.6 Å². The summed E-state index contributed by atoms with van der Waals surface area (Å²) in [7, 11) is 2.98. The van der Waals surface area contributed by atoms with Crippen molar-refractivity contribution < 1.29 is 53.0 Å². The zero-order valence-corrected chi connectivity index (χ0v) is 27.7. The highest BCUT2D eigenvalue weighted by Gasteiger charge is 2.47. The fraction of sp³-hybridized carbons (Fsp3) is 0.500. The predicted octanol–water partition coefficient (Wildman–Crippen LogP) is 2.86. The lowest BCUT2D eigenvalue weighted by atomic mass is 9.83. The third-order valence-electron chi connectivity index (χ3n) is 8.17. The van der Waals surface area contributed by atoms with Crippen LogP contribution in [0.1, 0.15) is 12.8 Å². The molecule has 15 nitrogen and oxygen atoms in total. The average Bonchev–Trinajstić information content (AvgIpc) is 3.54. The molecule has 4 atom stereocenters. The topological polar surface area (TPSA) is 187 Å². The van der Waals surface area contributed by atoms with E-state index in [-0.39, 0.29) is 80.6 Å². The van der Waals surface area contributed by atoms with Crippen LogP contribution in [0.15, 0.2) is 70.6 Å². The molecule has 0 aromatic heterocycles. The number of aromatic hydroxyl groups is 1. The smallest absolute Gasteiger partial charge is 0.337 e. The van der Waals surface area contributed by atoms with Crippen molar-refractivity contribution in [2.75, 3.05) is 73.5 Å². The molecule has 266 valence electrons. The first-order valence-corrected chi connectivity index (χ1v) is 16.0. The second kappa shape index (κ2) is 19.4. The number of azo groups is 1. The van der Waals surface area contributed by atoms with Gasteiger partial charge in [0, 0.05) is 44.6 Å². The highest BCUT2D eigenvalue weighted by atomic mass is 16.6. The van der Waals surface area contributed by atoms with Crippen LogP contribution in [0.4, 0.5) is 11.4 Å². The van der Waals surface area contributed by atoms with Crippen LogP contribution in [0.3, 0.4) is 0 Å². The van der Waals surface area contributed by atoms with Gasteiger partial charge in [-0.1, -0.05) is 18.2 Å². The third-order valence-corrected chi connectivity index (χ3v) is 8.17. The molecule has 2 aromatic carbocycles. The number of carbonyl (C=O) groups is 3. The molecule has 1 saturated carbocycles. The number of esters is 1. The van der Waals surface area contributed by atoms with Crippen LogP contribution in [0, 0.1) is 17.8 Å². The van der Waals surface area contributed by atoms with Crippen molar-refractivity contribution in [3.8, 4) is 11.5 Å². The minimum atomic E-state index is -1.01. The summed E-state index contributed by atoms with van der Waals surface area (Å²) < 4.78 is 32.4. The van der Waals surface area contributed by atoms with E-state index in [9.17, 15) is 24.6 Å². The van der Waals surface area contributed by atoms with Crippen molar-refractivity contribution in [2.24, 2.45) is 28.0 Å². The normalized spacial score (nSPS) is 19.9. The van der Waals surface area contributed by atoms with E-state index in [0.717, 1.165) is 12.8 Å². The lowest BCUT2D eigenvalue weighted by molar-refractivity contribution is -0.147. The van der Waals surface area contributed by atoms with Gasteiger partial charge in [0.2, 0.25) is 5.91 Å². The van der Waals surface area contributed by atoms with Gasteiger partial charge >= 0.3 is 5.97 Å². The molecular weight excluding hydrogens is 640 g/mol. The SMILES string of the molecule is COC(=O)C1=COC(O)C2C(COCCN(C)C(=O)COCCOCCNC(=O)COc3cc(O)ccc3/N=N/c3ccccc3)CCC12. The summed E-state index contributed by atoms with van der Waals surface area (Å²) in [5.74, 6) is -1.24. The minimum absolute atomic E-state index is 0.0144. The van der Waals surface area contributed by atoms with Gasteiger partial charge < -0.3 is 48.9 Å². The number of fused-ring (bicyclic) bond motifs is 1. The second-order valence-electron chi connectivity index (χ2n) is 11.5.